The Labute approximate surface area is 188 Å². The molecular weight excluding hydrogens is 463 g/mol. The first-order valence-electron chi connectivity index (χ1n) is 10.9. The SMILES string of the molecule is CCNC(=NCc1nccn1CC(C)C)NC1CCN(CC2CCCC2)C1.I. The third kappa shape index (κ3) is 7.21. The zero-order valence-electron chi connectivity index (χ0n) is 17.9. The van der Waals surface area contributed by atoms with E-state index >= 15 is 0 Å². The summed E-state index contributed by atoms with van der Waals surface area (Å²) in [6, 6.07) is 0.500. The number of nitrogens with zero attached hydrogens (tertiary/aromatic N) is 4. The van der Waals surface area contributed by atoms with Gasteiger partial charge < -0.3 is 20.1 Å². The second-order valence-electron chi connectivity index (χ2n) is 8.62. The average molecular weight is 502 g/mol. The normalized spacial score (nSPS) is 21.3. The quantitative estimate of drug-likeness (QED) is 0.325. The number of likely N-dealkylation sites (tertiary alicyclic amines) is 1. The van der Waals surface area contributed by atoms with E-state index in [0.29, 0.717) is 18.5 Å². The lowest BCUT2D eigenvalue weighted by atomic mass is 10.1. The molecule has 6 nitrogen and oxygen atoms in total. The maximum absolute atomic E-state index is 4.81. The lowest BCUT2D eigenvalue weighted by Gasteiger charge is -2.21. The summed E-state index contributed by atoms with van der Waals surface area (Å²) in [5, 5.41) is 7.06. The third-order valence-electron chi connectivity index (χ3n) is 5.69. The zero-order valence-corrected chi connectivity index (χ0v) is 20.2. The van der Waals surface area contributed by atoms with Gasteiger partial charge in [-0.3, -0.25) is 0 Å². The minimum atomic E-state index is 0. The third-order valence-corrected chi connectivity index (χ3v) is 5.69. The van der Waals surface area contributed by atoms with E-state index < -0.39 is 0 Å². The molecule has 7 heteroatoms. The maximum atomic E-state index is 4.81. The lowest BCUT2D eigenvalue weighted by Crippen LogP contribution is -2.44. The second-order valence-corrected chi connectivity index (χ2v) is 8.62. The molecule has 0 spiro atoms. The number of imidazole rings is 1. The van der Waals surface area contributed by atoms with Gasteiger partial charge in [0.25, 0.3) is 0 Å². The highest BCUT2D eigenvalue weighted by Crippen LogP contribution is 2.26. The Morgan fingerprint density at radius 2 is 2.07 bits per heavy atom. The fourth-order valence-corrected chi connectivity index (χ4v) is 4.39. The number of rotatable bonds is 8. The van der Waals surface area contributed by atoms with Gasteiger partial charge in [-0.1, -0.05) is 26.7 Å². The lowest BCUT2D eigenvalue weighted by molar-refractivity contribution is 0.275. The molecule has 2 N–H and O–H groups in total. The summed E-state index contributed by atoms with van der Waals surface area (Å²) in [5.74, 6) is 3.50. The molecule has 1 aliphatic heterocycles. The Balaban J connectivity index is 0.00000280. The molecule has 2 aliphatic rings. The minimum Gasteiger partial charge on any atom is -0.357 e. The summed E-state index contributed by atoms with van der Waals surface area (Å²) in [4.78, 5) is 11.9. The molecule has 1 saturated carbocycles. The van der Waals surface area contributed by atoms with Crippen molar-refractivity contribution in [2.75, 3.05) is 26.2 Å². The van der Waals surface area contributed by atoms with E-state index in [0.717, 1.165) is 37.3 Å². The second kappa shape index (κ2) is 12.0. The summed E-state index contributed by atoms with van der Waals surface area (Å²) in [5.41, 5.74) is 0. The Bertz CT molecular complexity index is 593. The Hall–Kier alpha value is -0.830. The van der Waals surface area contributed by atoms with Crippen LogP contribution in [0.2, 0.25) is 0 Å². The molecule has 0 amide bonds. The molecule has 0 bridgehead atoms. The average Bonchev–Trinajstić information content (AvgIpc) is 3.36. The van der Waals surface area contributed by atoms with E-state index in [1.54, 1.807) is 0 Å². The van der Waals surface area contributed by atoms with Crippen molar-refractivity contribution in [3.8, 4) is 0 Å². The highest BCUT2D eigenvalue weighted by molar-refractivity contribution is 14.0. The van der Waals surface area contributed by atoms with E-state index in [-0.39, 0.29) is 24.0 Å². The van der Waals surface area contributed by atoms with Crippen LogP contribution in [0, 0.1) is 11.8 Å². The molecule has 3 rings (SSSR count). The molecule has 1 aromatic heterocycles. The number of halogens is 1. The highest BCUT2D eigenvalue weighted by atomic mass is 127. The zero-order chi connectivity index (χ0) is 19.1. The van der Waals surface area contributed by atoms with Crippen LogP contribution in [0.5, 0.6) is 0 Å². The standard InChI is InChI=1S/C21H38N6.HI/c1-4-22-21(24-13-20-23-10-12-27(20)14-17(2)3)25-19-9-11-26(16-19)15-18-7-5-6-8-18;/h10,12,17-19H,4-9,11,13-16H2,1-3H3,(H2,22,24,25);1H. The van der Waals surface area contributed by atoms with Gasteiger partial charge in [0, 0.05) is 51.2 Å². The summed E-state index contributed by atoms with van der Waals surface area (Å²) in [6.07, 6.45) is 10.9. The number of guanidine groups is 1. The van der Waals surface area contributed by atoms with Crippen LogP contribution in [-0.2, 0) is 13.1 Å². The van der Waals surface area contributed by atoms with Crippen LogP contribution in [0.15, 0.2) is 17.4 Å². The first-order valence-corrected chi connectivity index (χ1v) is 10.9. The van der Waals surface area contributed by atoms with Crippen LogP contribution in [0.4, 0.5) is 0 Å². The van der Waals surface area contributed by atoms with Crippen LogP contribution in [0.25, 0.3) is 0 Å². The summed E-state index contributed by atoms with van der Waals surface area (Å²) in [6.45, 7) is 12.7. The van der Waals surface area contributed by atoms with Crippen molar-refractivity contribution >= 4 is 29.9 Å². The van der Waals surface area contributed by atoms with Crippen molar-refractivity contribution in [3.05, 3.63) is 18.2 Å². The predicted octanol–water partition coefficient (Wildman–Crippen LogP) is 3.48. The molecule has 1 aromatic rings. The molecule has 160 valence electrons. The van der Waals surface area contributed by atoms with E-state index in [2.05, 4.69) is 52.1 Å². The smallest absolute Gasteiger partial charge is 0.191 e. The first kappa shape index (κ1) is 23.4. The molecule has 0 radical (unpaired) electrons. The van der Waals surface area contributed by atoms with Gasteiger partial charge >= 0.3 is 0 Å². The van der Waals surface area contributed by atoms with Gasteiger partial charge in [0.1, 0.15) is 12.4 Å². The van der Waals surface area contributed by atoms with Gasteiger partial charge in [0.15, 0.2) is 5.96 Å². The van der Waals surface area contributed by atoms with E-state index in [4.69, 9.17) is 4.99 Å². The highest BCUT2D eigenvalue weighted by Gasteiger charge is 2.26. The van der Waals surface area contributed by atoms with Crippen molar-refractivity contribution in [1.82, 2.24) is 25.1 Å². The summed E-state index contributed by atoms with van der Waals surface area (Å²) in [7, 11) is 0. The van der Waals surface area contributed by atoms with Crippen LogP contribution in [0.3, 0.4) is 0 Å². The molecule has 28 heavy (non-hydrogen) atoms. The summed E-state index contributed by atoms with van der Waals surface area (Å²) < 4.78 is 2.22. The number of aromatic nitrogens is 2. The molecule has 1 saturated heterocycles. The monoisotopic (exact) mass is 502 g/mol. The summed E-state index contributed by atoms with van der Waals surface area (Å²) >= 11 is 0. The van der Waals surface area contributed by atoms with Crippen molar-refractivity contribution in [3.63, 3.8) is 0 Å². The number of hydrogen-bond donors (Lipinski definition) is 2. The van der Waals surface area contributed by atoms with Gasteiger partial charge in [-0.25, -0.2) is 9.98 Å². The van der Waals surface area contributed by atoms with Crippen LogP contribution in [-0.4, -0.2) is 52.6 Å². The Morgan fingerprint density at radius 3 is 2.79 bits per heavy atom. The Kier molecular flexibility index (Phi) is 10.0. The fourth-order valence-electron chi connectivity index (χ4n) is 4.39. The molecule has 1 aliphatic carbocycles. The van der Waals surface area contributed by atoms with E-state index in [1.807, 2.05) is 6.20 Å². The number of nitrogens with one attached hydrogen (secondary N) is 2. The van der Waals surface area contributed by atoms with Crippen LogP contribution in [0.1, 0.15) is 58.7 Å². The van der Waals surface area contributed by atoms with Crippen LogP contribution < -0.4 is 10.6 Å². The largest absolute Gasteiger partial charge is 0.357 e. The number of hydrogen-bond acceptors (Lipinski definition) is 3. The first-order chi connectivity index (χ1) is 13.1. The predicted molar refractivity (Wildman–Crippen MR) is 127 cm³/mol. The van der Waals surface area contributed by atoms with Crippen molar-refractivity contribution in [2.24, 2.45) is 16.8 Å². The van der Waals surface area contributed by atoms with Gasteiger partial charge in [-0.05, 0) is 38.0 Å². The molecule has 1 unspecified atom stereocenters. The van der Waals surface area contributed by atoms with Gasteiger partial charge in [-0.15, -0.1) is 24.0 Å². The number of aliphatic imine (C=N–C) groups is 1. The van der Waals surface area contributed by atoms with E-state index in [1.165, 1.54) is 45.2 Å². The molecule has 2 heterocycles. The van der Waals surface area contributed by atoms with E-state index in [9.17, 15) is 0 Å². The molecule has 0 aromatic carbocycles. The van der Waals surface area contributed by atoms with Crippen LogP contribution >= 0.6 is 24.0 Å². The minimum absolute atomic E-state index is 0. The molecule has 1 atom stereocenters. The fraction of sp³-hybridized carbons (Fsp3) is 0.810. The topological polar surface area (TPSA) is 57.5 Å². The van der Waals surface area contributed by atoms with Gasteiger partial charge in [-0.2, -0.15) is 0 Å². The molecule has 2 fully saturated rings. The van der Waals surface area contributed by atoms with Crippen molar-refractivity contribution in [2.45, 2.75) is 72.0 Å². The van der Waals surface area contributed by atoms with Gasteiger partial charge in [0.05, 0.1) is 0 Å². The Morgan fingerprint density at radius 1 is 1.29 bits per heavy atom. The van der Waals surface area contributed by atoms with Gasteiger partial charge in [0.2, 0.25) is 0 Å². The maximum Gasteiger partial charge on any atom is 0.191 e. The molecular formula is C21H39IN6. The van der Waals surface area contributed by atoms with Crippen molar-refractivity contribution in [1.29, 1.82) is 0 Å². The van der Waals surface area contributed by atoms with Crippen molar-refractivity contribution < 1.29 is 0 Å².